The zero-order chi connectivity index (χ0) is 12.8. The molecular weight excluding hydrogens is 244 g/mol. The molecule has 7 heteroatoms. The molecule has 0 aliphatic carbocycles. The van der Waals surface area contributed by atoms with E-state index >= 15 is 0 Å². The fourth-order valence-electron chi connectivity index (χ4n) is 1.04. The molecule has 0 aliphatic rings. The quantitative estimate of drug-likeness (QED) is 0.291. The van der Waals surface area contributed by atoms with Gasteiger partial charge < -0.3 is 5.11 Å². The smallest absolute Gasteiger partial charge is 0.346 e. The zero-order valence-corrected chi connectivity index (χ0v) is 9.09. The van der Waals surface area contributed by atoms with Crippen molar-refractivity contribution in [2.24, 2.45) is 5.11 Å². The van der Waals surface area contributed by atoms with E-state index < -0.39 is 11.5 Å². The fraction of sp³-hybridized carbons (Fsp3) is 0. The number of rotatable bonds is 3. The third-order valence-electron chi connectivity index (χ3n) is 1.79. The molecule has 1 aromatic rings. The van der Waals surface area contributed by atoms with Crippen LogP contribution in [0, 0.1) is 11.3 Å². The van der Waals surface area contributed by atoms with Crippen molar-refractivity contribution in [3.8, 4) is 6.07 Å². The van der Waals surface area contributed by atoms with E-state index in [1.165, 1.54) is 24.3 Å². The highest BCUT2D eigenvalue weighted by Gasteiger charge is 2.07. The van der Waals surface area contributed by atoms with Crippen molar-refractivity contribution in [3.63, 3.8) is 0 Å². The maximum Gasteiger partial charge on any atom is 0.346 e. The summed E-state index contributed by atoms with van der Waals surface area (Å²) in [5, 5.41) is 20.8. The monoisotopic (exact) mass is 248 g/mol. The van der Waals surface area contributed by atoms with Gasteiger partial charge in [-0.3, -0.25) is 0 Å². The van der Waals surface area contributed by atoms with Crippen LogP contribution < -0.4 is 0 Å². The third kappa shape index (κ3) is 3.24. The highest BCUT2D eigenvalue weighted by molar-refractivity contribution is 6.32. The lowest BCUT2D eigenvalue weighted by atomic mass is 10.1. The number of hydrogen-bond acceptors (Lipinski definition) is 3. The first-order valence-electron chi connectivity index (χ1n) is 4.28. The van der Waals surface area contributed by atoms with Crippen LogP contribution in [-0.2, 0) is 4.79 Å². The van der Waals surface area contributed by atoms with E-state index in [-0.39, 0.29) is 5.02 Å². The molecule has 0 radical (unpaired) electrons. The third-order valence-corrected chi connectivity index (χ3v) is 2.12. The number of azide groups is 1. The Bertz CT molecular complexity index is 582. The molecule has 0 amide bonds. The lowest BCUT2D eigenvalue weighted by Crippen LogP contribution is -1.97. The van der Waals surface area contributed by atoms with Gasteiger partial charge in [-0.2, -0.15) is 5.26 Å². The summed E-state index contributed by atoms with van der Waals surface area (Å²) in [6, 6.07) is 5.85. The van der Waals surface area contributed by atoms with Crippen LogP contribution in [0.4, 0.5) is 5.69 Å². The molecule has 0 atom stereocenters. The standard InChI is InChI=1S/C10H5ClN4O2/c11-9-4-8(14-15-13)2-1-6(9)3-7(5-12)10(16)17/h1-4H,(H,16,17). The summed E-state index contributed by atoms with van der Waals surface area (Å²) in [7, 11) is 0. The number of aliphatic carboxylic acids is 1. The van der Waals surface area contributed by atoms with Gasteiger partial charge in [0.1, 0.15) is 11.6 Å². The molecule has 0 saturated heterocycles. The van der Waals surface area contributed by atoms with Gasteiger partial charge in [-0.25, -0.2) is 4.79 Å². The predicted octanol–water partition coefficient (Wildman–Crippen LogP) is 3.27. The van der Waals surface area contributed by atoms with Crippen LogP contribution in [0.15, 0.2) is 28.9 Å². The van der Waals surface area contributed by atoms with Crippen LogP contribution in [0.1, 0.15) is 5.56 Å². The summed E-state index contributed by atoms with van der Waals surface area (Å²) < 4.78 is 0. The Morgan fingerprint density at radius 1 is 1.65 bits per heavy atom. The van der Waals surface area contributed by atoms with Gasteiger partial charge in [0.2, 0.25) is 0 Å². The Labute approximate surface area is 101 Å². The number of hydrogen-bond donors (Lipinski definition) is 1. The van der Waals surface area contributed by atoms with Crippen LogP contribution >= 0.6 is 11.6 Å². The van der Waals surface area contributed by atoms with Gasteiger partial charge in [-0.05, 0) is 23.2 Å². The van der Waals surface area contributed by atoms with Gasteiger partial charge in [0.05, 0.1) is 0 Å². The number of carboxylic acids is 1. The highest BCUT2D eigenvalue weighted by Crippen LogP contribution is 2.24. The summed E-state index contributed by atoms with van der Waals surface area (Å²) >= 11 is 5.84. The van der Waals surface area contributed by atoms with Crippen LogP contribution in [-0.4, -0.2) is 11.1 Å². The second-order valence-electron chi connectivity index (χ2n) is 2.87. The van der Waals surface area contributed by atoms with E-state index in [1.54, 1.807) is 0 Å². The van der Waals surface area contributed by atoms with E-state index in [0.29, 0.717) is 11.3 Å². The molecule has 0 unspecified atom stereocenters. The van der Waals surface area contributed by atoms with Crippen molar-refractivity contribution in [3.05, 3.63) is 44.8 Å². The minimum Gasteiger partial charge on any atom is -0.477 e. The van der Waals surface area contributed by atoms with Crippen LogP contribution in [0.2, 0.25) is 5.02 Å². The molecule has 0 heterocycles. The largest absolute Gasteiger partial charge is 0.477 e. The van der Waals surface area contributed by atoms with Crippen LogP contribution in [0.5, 0.6) is 0 Å². The minimum atomic E-state index is -1.33. The molecule has 0 aliphatic heterocycles. The second-order valence-corrected chi connectivity index (χ2v) is 3.28. The average molecular weight is 249 g/mol. The molecule has 84 valence electrons. The Balaban J connectivity index is 3.22. The summed E-state index contributed by atoms with van der Waals surface area (Å²) in [6.45, 7) is 0. The number of carboxylic acid groups (broad SMARTS) is 1. The highest BCUT2D eigenvalue weighted by atomic mass is 35.5. The SMILES string of the molecule is N#CC(=Cc1ccc(N=[N+]=[N-])cc1Cl)C(=O)O. The van der Waals surface area contributed by atoms with Crippen LogP contribution in [0.3, 0.4) is 0 Å². The molecule has 1 aromatic carbocycles. The molecule has 6 nitrogen and oxygen atoms in total. The number of nitriles is 1. The van der Waals surface area contributed by atoms with Crippen molar-refractivity contribution in [2.45, 2.75) is 0 Å². The van der Waals surface area contributed by atoms with E-state index in [9.17, 15) is 4.79 Å². The summed E-state index contributed by atoms with van der Waals surface area (Å²) in [5.74, 6) is -1.33. The van der Waals surface area contributed by atoms with Gasteiger partial charge >= 0.3 is 5.97 Å². The lowest BCUT2D eigenvalue weighted by molar-refractivity contribution is -0.132. The van der Waals surface area contributed by atoms with Crippen molar-refractivity contribution < 1.29 is 9.90 Å². The molecular formula is C10H5ClN4O2. The Morgan fingerprint density at radius 3 is 2.82 bits per heavy atom. The molecule has 1 rings (SSSR count). The first-order valence-corrected chi connectivity index (χ1v) is 4.66. The maximum absolute atomic E-state index is 10.6. The number of carbonyl (C=O) groups is 1. The summed E-state index contributed by atoms with van der Waals surface area (Å²) in [4.78, 5) is 13.2. The maximum atomic E-state index is 10.6. The molecule has 17 heavy (non-hydrogen) atoms. The van der Waals surface area contributed by atoms with E-state index in [1.807, 2.05) is 0 Å². The van der Waals surface area contributed by atoms with E-state index in [2.05, 4.69) is 10.0 Å². The van der Waals surface area contributed by atoms with Crippen molar-refractivity contribution in [1.29, 1.82) is 5.26 Å². The summed E-state index contributed by atoms with van der Waals surface area (Å²) in [6.07, 6.45) is 1.14. The molecule has 0 bridgehead atoms. The topological polar surface area (TPSA) is 110 Å². The van der Waals surface area contributed by atoms with Gasteiger partial charge in [-0.1, -0.05) is 28.8 Å². The molecule has 0 spiro atoms. The fourth-order valence-corrected chi connectivity index (χ4v) is 1.27. The molecule has 1 N–H and O–H groups in total. The zero-order valence-electron chi connectivity index (χ0n) is 8.33. The van der Waals surface area contributed by atoms with E-state index in [4.69, 9.17) is 27.5 Å². The predicted molar refractivity (Wildman–Crippen MR) is 61.5 cm³/mol. The van der Waals surface area contributed by atoms with E-state index in [0.717, 1.165) is 6.08 Å². The second kappa shape index (κ2) is 5.56. The number of nitrogens with zero attached hydrogens (tertiary/aromatic N) is 4. The average Bonchev–Trinajstić information content (AvgIpc) is 2.28. The van der Waals surface area contributed by atoms with Gasteiger partial charge in [0, 0.05) is 15.6 Å². The van der Waals surface area contributed by atoms with Gasteiger partial charge in [0.15, 0.2) is 0 Å². The summed E-state index contributed by atoms with van der Waals surface area (Å²) in [5.41, 5.74) is 8.46. The molecule has 0 aromatic heterocycles. The number of halogens is 1. The van der Waals surface area contributed by atoms with Crippen molar-refractivity contribution >= 4 is 29.3 Å². The number of benzene rings is 1. The van der Waals surface area contributed by atoms with Crippen molar-refractivity contribution in [1.82, 2.24) is 0 Å². The lowest BCUT2D eigenvalue weighted by Gasteiger charge is -1.99. The van der Waals surface area contributed by atoms with Crippen LogP contribution in [0.25, 0.3) is 16.5 Å². The Morgan fingerprint density at radius 2 is 2.35 bits per heavy atom. The Kier molecular flexibility index (Phi) is 4.12. The van der Waals surface area contributed by atoms with Gasteiger partial charge in [-0.15, -0.1) is 0 Å². The minimum absolute atomic E-state index is 0.198. The first-order chi connectivity index (χ1) is 8.08. The Hall–Kier alpha value is -2.48. The molecule has 0 saturated carbocycles. The first kappa shape index (κ1) is 12.6. The van der Waals surface area contributed by atoms with Gasteiger partial charge in [0.25, 0.3) is 0 Å². The molecule has 0 fully saturated rings. The normalized spacial score (nSPS) is 10.2. The van der Waals surface area contributed by atoms with Crippen molar-refractivity contribution in [2.75, 3.05) is 0 Å².